The van der Waals surface area contributed by atoms with E-state index in [0.29, 0.717) is 17.9 Å². The highest BCUT2D eigenvalue weighted by Crippen LogP contribution is 2.48. The van der Waals surface area contributed by atoms with Gasteiger partial charge in [-0.2, -0.15) is 5.10 Å². The molecule has 5 heteroatoms. The van der Waals surface area contributed by atoms with Crippen molar-refractivity contribution in [2.75, 3.05) is 6.54 Å². The highest BCUT2D eigenvalue weighted by Gasteiger charge is 2.47. The molecule has 2 fully saturated rings. The summed E-state index contributed by atoms with van der Waals surface area (Å²) in [4.78, 5) is 19.1. The van der Waals surface area contributed by atoms with E-state index in [1.807, 2.05) is 29.2 Å². The van der Waals surface area contributed by atoms with Gasteiger partial charge in [0.1, 0.15) is 0 Å². The lowest BCUT2D eigenvalue weighted by Crippen LogP contribution is -2.39. The number of nitrogens with zero attached hydrogens (tertiary/aromatic N) is 4. The molecule has 4 rings (SSSR count). The second kappa shape index (κ2) is 5.55. The second-order valence-electron chi connectivity index (χ2n) is 6.29. The van der Waals surface area contributed by atoms with Gasteiger partial charge in [-0.3, -0.25) is 14.5 Å². The third-order valence-electron chi connectivity index (χ3n) is 4.84. The summed E-state index contributed by atoms with van der Waals surface area (Å²) in [6.45, 7) is 1.70. The highest BCUT2D eigenvalue weighted by atomic mass is 16.2. The molecule has 22 heavy (non-hydrogen) atoms. The van der Waals surface area contributed by atoms with E-state index in [4.69, 9.17) is 0 Å². The van der Waals surface area contributed by atoms with Gasteiger partial charge in [0.2, 0.25) is 5.91 Å². The molecule has 0 N–H and O–H groups in total. The van der Waals surface area contributed by atoms with Gasteiger partial charge in [-0.25, -0.2) is 0 Å². The third-order valence-corrected chi connectivity index (χ3v) is 4.84. The van der Waals surface area contributed by atoms with E-state index in [1.165, 1.54) is 5.56 Å². The van der Waals surface area contributed by atoms with Crippen LogP contribution in [-0.4, -0.2) is 38.2 Å². The smallest absolute Gasteiger partial charge is 0.226 e. The molecular formula is C17H20N4O. The van der Waals surface area contributed by atoms with Crippen molar-refractivity contribution in [2.24, 2.45) is 5.92 Å². The number of likely N-dealkylation sites (tertiary alicyclic amines) is 1. The van der Waals surface area contributed by atoms with Gasteiger partial charge in [0.25, 0.3) is 0 Å². The first kappa shape index (κ1) is 13.5. The molecule has 2 aromatic heterocycles. The van der Waals surface area contributed by atoms with Crippen molar-refractivity contribution in [3.8, 4) is 0 Å². The minimum Gasteiger partial charge on any atom is -0.338 e. The van der Waals surface area contributed by atoms with Crippen molar-refractivity contribution in [3.63, 3.8) is 0 Å². The lowest BCUT2D eigenvalue weighted by atomic mass is 10.1. The average Bonchev–Trinajstić information content (AvgIpc) is 2.94. The molecule has 2 aromatic rings. The quantitative estimate of drug-likeness (QED) is 0.868. The SMILES string of the molecule is O=C([C@@H]1C[C@@H]1c1cccnc1)N1CCC[C@H]1Cn1cccn1. The number of rotatable bonds is 4. The van der Waals surface area contributed by atoms with Crippen molar-refractivity contribution in [1.82, 2.24) is 19.7 Å². The molecule has 1 amide bonds. The zero-order chi connectivity index (χ0) is 14.9. The largest absolute Gasteiger partial charge is 0.338 e. The Morgan fingerprint density at radius 3 is 3.05 bits per heavy atom. The third kappa shape index (κ3) is 2.51. The Balaban J connectivity index is 1.42. The molecule has 114 valence electrons. The molecule has 5 nitrogen and oxygen atoms in total. The number of aromatic nitrogens is 3. The van der Waals surface area contributed by atoms with Crippen LogP contribution in [0, 0.1) is 5.92 Å². The van der Waals surface area contributed by atoms with E-state index in [0.717, 1.165) is 32.4 Å². The van der Waals surface area contributed by atoms with E-state index >= 15 is 0 Å². The summed E-state index contributed by atoms with van der Waals surface area (Å²) < 4.78 is 1.93. The zero-order valence-corrected chi connectivity index (χ0v) is 12.5. The first-order chi connectivity index (χ1) is 10.8. The summed E-state index contributed by atoms with van der Waals surface area (Å²) in [6.07, 6.45) is 10.6. The Bertz CT molecular complexity index is 640. The normalized spacial score (nSPS) is 27.1. The van der Waals surface area contributed by atoms with Gasteiger partial charge in [0.15, 0.2) is 0 Å². The number of carbonyl (C=O) groups excluding carboxylic acids is 1. The van der Waals surface area contributed by atoms with E-state index < -0.39 is 0 Å². The molecule has 3 heterocycles. The Kier molecular flexibility index (Phi) is 3.41. The molecule has 0 aromatic carbocycles. The fourth-order valence-electron chi connectivity index (χ4n) is 3.58. The van der Waals surface area contributed by atoms with Crippen LogP contribution in [0.3, 0.4) is 0 Å². The Labute approximate surface area is 130 Å². The monoisotopic (exact) mass is 296 g/mol. The van der Waals surface area contributed by atoms with Crippen LogP contribution in [-0.2, 0) is 11.3 Å². The standard InChI is InChI=1S/C17H20N4O/c22-17(16-10-15(16)13-4-1-6-18-11-13)21-9-2-5-14(21)12-20-8-3-7-19-20/h1,3-4,6-8,11,14-16H,2,5,9-10,12H2/t14-,15+,16+/m0/s1. The number of hydrogen-bond donors (Lipinski definition) is 0. The Hall–Kier alpha value is -2.17. The van der Waals surface area contributed by atoms with E-state index in [9.17, 15) is 4.79 Å². The zero-order valence-electron chi connectivity index (χ0n) is 12.5. The van der Waals surface area contributed by atoms with Crippen LogP contribution in [0.4, 0.5) is 0 Å². The number of pyridine rings is 1. The Morgan fingerprint density at radius 1 is 1.32 bits per heavy atom. The van der Waals surface area contributed by atoms with Gasteiger partial charge in [-0.1, -0.05) is 6.07 Å². The van der Waals surface area contributed by atoms with Crippen molar-refractivity contribution in [3.05, 3.63) is 48.5 Å². The molecule has 0 spiro atoms. The first-order valence-corrected chi connectivity index (χ1v) is 8.01. The van der Waals surface area contributed by atoms with Crippen molar-refractivity contribution < 1.29 is 4.79 Å². The van der Waals surface area contributed by atoms with E-state index in [-0.39, 0.29) is 5.92 Å². The summed E-state index contributed by atoms with van der Waals surface area (Å²) in [6, 6.07) is 6.25. The molecule has 2 aliphatic rings. The van der Waals surface area contributed by atoms with Crippen molar-refractivity contribution >= 4 is 5.91 Å². The van der Waals surface area contributed by atoms with Crippen LogP contribution in [0.1, 0.15) is 30.7 Å². The van der Waals surface area contributed by atoms with Gasteiger partial charge >= 0.3 is 0 Å². The van der Waals surface area contributed by atoms with Crippen LogP contribution >= 0.6 is 0 Å². The average molecular weight is 296 g/mol. The topological polar surface area (TPSA) is 51.0 Å². The maximum atomic E-state index is 12.8. The number of carbonyl (C=O) groups is 1. The molecule has 0 radical (unpaired) electrons. The predicted octanol–water partition coefficient (Wildman–Crippen LogP) is 2.07. The lowest BCUT2D eigenvalue weighted by Gasteiger charge is -2.25. The minimum absolute atomic E-state index is 0.155. The second-order valence-corrected chi connectivity index (χ2v) is 6.29. The molecule has 3 atom stereocenters. The Morgan fingerprint density at radius 2 is 2.27 bits per heavy atom. The van der Waals surface area contributed by atoms with Gasteiger partial charge in [-0.15, -0.1) is 0 Å². The van der Waals surface area contributed by atoms with Gasteiger partial charge < -0.3 is 4.90 Å². The van der Waals surface area contributed by atoms with Crippen molar-refractivity contribution in [1.29, 1.82) is 0 Å². The maximum absolute atomic E-state index is 12.8. The van der Waals surface area contributed by atoms with Crippen LogP contribution < -0.4 is 0 Å². The van der Waals surface area contributed by atoms with E-state index in [2.05, 4.69) is 21.0 Å². The predicted molar refractivity (Wildman–Crippen MR) is 82.0 cm³/mol. The van der Waals surface area contributed by atoms with Gasteiger partial charge in [0, 0.05) is 37.3 Å². The summed E-state index contributed by atoms with van der Waals surface area (Å²) in [5.41, 5.74) is 1.20. The maximum Gasteiger partial charge on any atom is 0.226 e. The number of amides is 1. The lowest BCUT2D eigenvalue weighted by molar-refractivity contribution is -0.133. The van der Waals surface area contributed by atoms with Crippen LogP contribution in [0.5, 0.6) is 0 Å². The molecule has 1 aliphatic carbocycles. The van der Waals surface area contributed by atoms with E-state index in [1.54, 1.807) is 12.4 Å². The van der Waals surface area contributed by atoms with Gasteiger partial charge in [0.05, 0.1) is 12.6 Å². The summed E-state index contributed by atoms with van der Waals surface area (Å²) in [5, 5.41) is 4.27. The van der Waals surface area contributed by atoms with Crippen molar-refractivity contribution in [2.45, 2.75) is 37.8 Å². The molecule has 0 unspecified atom stereocenters. The first-order valence-electron chi connectivity index (χ1n) is 8.01. The molecular weight excluding hydrogens is 276 g/mol. The fourth-order valence-corrected chi connectivity index (χ4v) is 3.58. The number of hydrogen-bond acceptors (Lipinski definition) is 3. The summed E-state index contributed by atoms with van der Waals surface area (Å²) >= 11 is 0. The molecule has 1 saturated carbocycles. The summed E-state index contributed by atoms with van der Waals surface area (Å²) in [7, 11) is 0. The van der Waals surface area contributed by atoms with Gasteiger partial charge in [-0.05, 0) is 42.9 Å². The molecule has 1 aliphatic heterocycles. The highest BCUT2D eigenvalue weighted by molar-refractivity contribution is 5.83. The van der Waals surface area contributed by atoms with Crippen LogP contribution in [0.2, 0.25) is 0 Å². The molecule has 0 bridgehead atoms. The van der Waals surface area contributed by atoms with Crippen LogP contribution in [0.15, 0.2) is 43.0 Å². The summed E-state index contributed by atoms with van der Waals surface area (Å²) in [5.74, 6) is 0.845. The minimum atomic E-state index is 0.155. The fraction of sp³-hybridized carbons (Fsp3) is 0.471. The molecule has 1 saturated heterocycles. The van der Waals surface area contributed by atoms with Crippen LogP contribution in [0.25, 0.3) is 0 Å².